The van der Waals surface area contributed by atoms with Gasteiger partial charge in [-0.1, -0.05) is 42.7 Å². The molecule has 1 aliphatic carbocycles. The molecular weight excluding hydrogens is 490 g/mol. The quantitative estimate of drug-likeness (QED) is 0.448. The molecule has 2 amide bonds. The van der Waals surface area contributed by atoms with E-state index < -0.39 is 16.1 Å². The minimum Gasteiger partial charge on any atom is -0.497 e. The maximum atomic E-state index is 13.4. The molecule has 0 spiro atoms. The third-order valence-electron chi connectivity index (χ3n) is 6.82. The molecule has 8 nitrogen and oxygen atoms in total. The minimum absolute atomic E-state index is 0.120. The summed E-state index contributed by atoms with van der Waals surface area (Å²) in [6, 6.07) is 14.2. The number of sulfonamides is 1. The topological polar surface area (TPSA) is 96.0 Å². The zero-order valence-corrected chi connectivity index (χ0v) is 23.1. The normalized spacial score (nSPS) is 14.7. The fraction of sp³-hybridized carbons (Fsp3) is 0.500. The van der Waals surface area contributed by atoms with E-state index in [0.717, 1.165) is 43.1 Å². The van der Waals surface area contributed by atoms with Crippen LogP contribution in [0.4, 0.5) is 5.69 Å². The van der Waals surface area contributed by atoms with Gasteiger partial charge in [0.15, 0.2) is 0 Å². The van der Waals surface area contributed by atoms with Crippen molar-refractivity contribution in [2.24, 2.45) is 0 Å². The van der Waals surface area contributed by atoms with Gasteiger partial charge in [-0.3, -0.25) is 13.9 Å². The molecule has 2 aromatic rings. The van der Waals surface area contributed by atoms with Gasteiger partial charge in [-0.15, -0.1) is 0 Å². The van der Waals surface area contributed by atoms with Gasteiger partial charge in [-0.25, -0.2) is 8.42 Å². The molecule has 0 aromatic heterocycles. The molecule has 0 bridgehead atoms. The van der Waals surface area contributed by atoms with Crippen LogP contribution >= 0.6 is 0 Å². The fourth-order valence-corrected chi connectivity index (χ4v) is 5.70. The first-order valence-corrected chi connectivity index (χ1v) is 14.7. The van der Waals surface area contributed by atoms with Crippen molar-refractivity contribution < 1.29 is 22.7 Å². The van der Waals surface area contributed by atoms with Gasteiger partial charge in [0.2, 0.25) is 21.8 Å². The first-order chi connectivity index (χ1) is 17.6. The second-order valence-corrected chi connectivity index (χ2v) is 11.7. The molecule has 9 heteroatoms. The molecule has 1 fully saturated rings. The molecule has 0 aliphatic heterocycles. The number of hydrogen-bond donors (Lipinski definition) is 1. The summed E-state index contributed by atoms with van der Waals surface area (Å²) in [4.78, 5) is 28.1. The number of nitrogens with zero attached hydrogens (tertiary/aromatic N) is 2. The fourth-order valence-electron chi connectivity index (χ4n) is 4.73. The van der Waals surface area contributed by atoms with E-state index in [4.69, 9.17) is 4.74 Å². The Hall–Kier alpha value is -3.07. The van der Waals surface area contributed by atoms with Gasteiger partial charge in [-0.2, -0.15) is 0 Å². The molecule has 202 valence electrons. The number of ether oxygens (including phenoxy) is 1. The van der Waals surface area contributed by atoms with E-state index in [9.17, 15) is 18.0 Å². The van der Waals surface area contributed by atoms with Crippen molar-refractivity contribution in [2.75, 3.05) is 24.2 Å². The lowest BCUT2D eigenvalue weighted by atomic mass is 10.1. The zero-order chi connectivity index (χ0) is 27.0. The molecule has 37 heavy (non-hydrogen) atoms. The minimum atomic E-state index is -3.55. The maximum Gasteiger partial charge on any atom is 0.242 e. The number of carbonyl (C=O) groups excluding carboxylic acids is 2. The smallest absolute Gasteiger partial charge is 0.242 e. The summed E-state index contributed by atoms with van der Waals surface area (Å²) in [6.07, 6.45) is 5.74. The third kappa shape index (κ3) is 8.21. The van der Waals surface area contributed by atoms with Gasteiger partial charge >= 0.3 is 0 Å². The van der Waals surface area contributed by atoms with Crippen LogP contribution in [0.1, 0.15) is 56.6 Å². The van der Waals surface area contributed by atoms with E-state index >= 15 is 0 Å². The Balaban J connectivity index is 1.71. The average Bonchev–Trinajstić information content (AvgIpc) is 3.37. The number of rotatable bonds is 12. The third-order valence-corrected chi connectivity index (χ3v) is 8.01. The SMILES string of the molecule is COc1ccc(N(CCCC(=O)N(Cc2cccc(C)c2)[C@@H](C)C(=O)NC2CCCC2)S(C)(=O)=O)cc1. The lowest BCUT2D eigenvalue weighted by molar-refractivity contribution is -0.141. The predicted octanol–water partition coefficient (Wildman–Crippen LogP) is 4.03. The van der Waals surface area contributed by atoms with E-state index in [2.05, 4.69) is 5.32 Å². The second-order valence-electron chi connectivity index (χ2n) is 9.81. The number of hydrogen-bond acceptors (Lipinski definition) is 5. The number of aryl methyl sites for hydroxylation is 1. The lowest BCUT2D eigenvalue weighted by Crippen LogP contribution is -2.49. The zero-order valence-electron chi connectivity index (χ0n) is 22.3. The number of anilines is 1. The van der Waals surface area contributed by atoms with Gasteiger partial charge in [0.25, 0.3) is 0 Å². The van der Waals surface area contributed by atoms with Crippen LogP contribution < -0.4 is 14.4 Å². The van der Waals surface area contributed by atoms with E-state index in [0.29, 0.717) is 24.4 Å². The summed E-state index contributed by atoms with van der Waals surface area (Å²) in [7, 11) is -2.00. The Labute approximate surface area is 221 Å². The van der Waals surface area contributed by atoms with Crippen LogP contribution in [0.2, 0.25) is 0 Å². The van der Waals surface area contributed by atoms with Crippen LogP contribution in [-0.2, 0) is 26.2 Å². The van der Waals surface area contributed by atoms with Gasteiger partial charge in [-0.05, 0) is 62.9 Å². The summed E-state index contributed by atoms with van der Waals surface area (Å²) in [5.41, 5.74) is 2.54. The van der Waals surface area contributed by atoms with Gasteiger partial charge in [0.1, 0.15) is 11.8 Å². The number of carbonyl (C=O) groups is 2. The Kier molecular flexibility index (Phi) is 9.97. The number of amides is 2. The summed E-state index contributed by atoms with van der Waals surface area (Å²) < 4.78 is 31.4. The number of methoxy groups -OCH3 is 1. The molecule has 1 saturated carbocycles. The molecule has 1 aliphatic rings. The van der Waals surface area contributed by atoms with Crippen molar-refractivity contribution in [3.63, 3.8) is 0 Å². The molecule has 3 rings (SSSR count). The van der Waals surface area contributed by atoms with Crippen LogP contribution in [-0.4, -0.2) is 57.1 Å². The Morgan fingerprint density at radius 3 is 2.38 bits per heavy atom. The first-order valence-electron chi connectivity index (χ1n) is 12.9. The van der Waals surface area contributed by atoms with Crippen LogP contribution in [0.3, 0.4) is 0 Å². The van der Waals surface area contributed by atoms with Crippen LogP contribution in [0.15, 0.2) is 48.5 Å². The molecule has 0 heterocycles. The Bertz CT molecular complexity index is 1160. The van der Waals surface area contributed by atoms with Crippen molar-refractivity contribution >= 4 is 27.5 Å². The Morgan fingerprint density at radius 2 is 1.78 bits per heavy atom. The van der Waals surface area contributed by atoms with Crippen LogP contribution in [0, 0.1) is 6.92 Å². The summed E-state index contributed by atoms with van der Waals surface area (Å²) >= 11 is 0. The average molecular weight is 530 g/mol. The molecule has 1 N–H and O–H groups in total. The highest BCUT2D eigenvalue weighted by atomic mass is 32.2. The van der Waals surface area contributed by atoms with Crippen molar-refractivity contribution in [3.05, 3.63) is 59.7 Å². The molecule has 0 radical (unpaired) electrons. The summed E-state index contributed by atoms with van der Waals surface area (Å²) in [6.45, 7) is 4.22. The highest BCUT2D eigenvalue weighted by Gasteiger charge is 2.28. The predicted molar refractivity (Wildman–Crippen MR) is 146 cm³/mol. The standard InChI is InChI=1S/C28H39N3O5S/c1-21-9-7-10-23(19-21)20-30(22(2)28(33)29-24-11-5-6-12-24)27(32)13-8-18-31(37(4,34)35)25-14-16-26(36-3)17-15-25/h7,9-10,14-17,19,22,24H,5-6,8,11-13,18,20H2,1-4H3,(H,29,33)/t22-/m0/s1. The highest BCUT2D eigenvalue weighted by molar-refractivity contribution is 7.92. The summed E-state index contributed by atoms with van der Waals surface area (Å²) in [5, 5.41) is 3.11. The second kappa shape index (κ2) is 12.9. The van der Waals surface area contributed by atoms with Gasteiger partial charge in [0, 0.05) is 25.6 Å². The van der Waals surface area contributed by atoms with E-state index in [-0.39, 0.29) is 30.8 Å². The van der Waals surface area contributed by atoms with Crippen molar-refractivity contribution in [1.29, 1.82) is 0 Å². The van der Waals surface area contributed by atoms with Crippen molar-refractivity contribution in [1.82, 2.24) is 10.2 Å². The highest BCUT2D eigenvalue weighted by Crippen LogP contribution is 2.23. The molecule has 2 aromatic carbocycles. The van der Waals surface area contributed by atoms with Crippen LogP contribution in [0.5, 0.6) is 5.75 Å². The molecular formula is C28H39N3O5S. The molecule has 0 unspecified atom stereocenters. The summed E-state index contributed by atoms with van der Waals surface area (Å²) in [5.74, 6) is 0.298. The van der Waals surface area contributed by atoms with Gasteiger partial charge < -0.3 is 15.0 Å². The monoisotopic (exact) mass is 529 g/mol. The largest absolute Gasteiger partial charge is 0.497 e. The van der Waals surface area contributed by atoms with E-state index in [1.54, 1.807) is 43.2 Å². The number of benzene rings is 2. The van der Waals surface area contributed by atoms with Crippen molar-refractivity contribution in [2.45, 2.75) is 71.0 Å². The van der Waals surface area contributed by atoms with Crippen molar-refractivity contribution in [3.8, 4) is 5.75 Å². The Morgan fingerprint density at radius 1 is 1.11 bits per heavy atom. The van der Waals surface area contributed by atoms with Gasteiger partial charge in [0.05, 0.1) is 19.1 Å². The first kappa shape index (κ1) is 28.5. The maximum absolute atomic E-state index is 13.4. The molecule has 1 atom stereocenters. The van der Waals surface area contributed by atoms with E-state index in [1.165, 1.54) is 4.31 Å². The number of nitrogens with one attached hydrogen (secondary N) is 1. The van der Waals surface area contributed by atoms with Crippen LogP contribution in [0.25, 0.3) is 0 Å². The van der Waals surface area contributed by atoms with E-state index in [1.807, 2.05) is 31.2 Å². The lowest BCUT2D eigenvalue weighted by Gasteiger charge is -2.30. The molecule has 0 saturated heterocycles.